The first-order valence-electron chi connectivity index (χ1n) is 7.78. The lowest BCUT2D eigenvalue weighted by molar-refractivity contribution is 0.136. The lowest BCUT2D eigenvalue weighted by Gasteiger charge is -2.34. The third kappa shape index (κ3) is 2.62. The first-order chi connectivity index (χ1) is 10.2. The second-order valence-electron chi connectivity index (χ2n) is 6.36. The van der Waals surface area contributed by atoms with Gasteiger partial charge in [-0.1, -0.05) is 11.6 Å². The Morgan fingerprint density at radius 3 is 2.81 bits per heavy atom. The maximum Gasteiger partial charge on any atom is 0.135 e. The molecule has 1 aromatic rings. The third-order valence-corrected chi connectivity index (χ3v) is 5.07. The highest BCUT2D eigenvalue weighted by Gasteiger charge is 2.43. The normalized spacial score (nSPS) is 28.6. The van der Waals surface area contributed by atoms with Crippen molar-refractivity contribution in [3.05, 3.63) is 17.0 Å². The molecule has 114 valence electrons. The molecule has 4 rings (SSSR count). The molecule has 0 aromatic carbocycles. The molecule has 1 aliphatic carbocycles. The van der Waals surface area contributed by atoms with Crippen molar-refractivity contribution in [3.8, 4) is 0 Å². The van der Waals surface area contributed by atoms with Crippen molar-refractivity contribution in [2.24, 2.45) is 0 Å². The molecule has 2 atom stereocenters. The number of aromatic nitrogens is 2. The summed E-state index contributed by atoms with van der Waals surface area (Å²) in [6.45, 7) is 4.00. The predicted octanol–water partition coefficient (Wildman–Crippen LogP) is 1.92. The van der Waals surface area contributed by atoms with Gasteiger partial charge in [-0.3, -0.25) is 4.90 Å². The van der Waals surface area contributed by atoms with Crippen LogP contribution in [-0.2, 0) is 4.74 Å². The molecule has 3 aliphatic rings. The Kier molecular flexibility index (Phi) is 3.52. The van der Waals surface area contributed by atoms with E-state index in [9.17, 15) is 0 Å². The van der Waals surface area contributed by atoms with Crippen LogP contribution in [0.15, 0.2) is 6.07 Å². The van der Waals surface area contributed by atoms with Crippen molar-refractivity contribution in [1.82, 2.24) is 14.9 Å². The molecule has 5 nitrogen and oxygen atoms in total. The van der Waals surface area contributed by atoms with E-state index in [4.69, 9.17) is 21.3 Å². The van der Waals surface area contributed by atoms with Gasteiger partial charge in [-0.15, -0.1) is 0 Å². The Morgan fingerprint density at radius 1 is 1.29 bits per heavy atom. The summed E-state index contributed by atoms with van der Waals surface area (Å²) in [5, 5.41) is 0.584. The van der Waals surface area contributed by atoms with E-state index in [1.807, 2.05) is 6.07 Å². The quantitative estimate of drug-likeness (QED) is 0.777. The van der Waals surface area contributed by atoms with Gasteiger partial charge in [0.2, 0.25) is 0 Å². The Labute approximate surface area is 130 Å². The fourth-order valence-corrected chi connectivity index (χ4v) is 3.79. The molecule has 3 heterocycles. The molecule has 0 amide bonds. The molecular formula is C15H21ClN4O. The number of anilines is 1. The fourth-order valence-electron chi connectivity index (χ4n) is 3.61. The van der Waals surface area contributed by atoms with Crippen LogP contribution in [0.25, 0.3) is 0 Å². The fraction of sp³-hybridized carbons (Fsp3) is 0.733. The van der Waals surface area contributed by atoms with Crippen molar-refractivity contribution in [3.63, 3.8) is 0 Å². The first-order valence-corrected chi connectivity index (χ1v) is 8.16. The lowest BCUT2D eigenvalue weighted by atomic mass is 10.2. The number of piperazine rings is 1. The Balaban J connectivity index is 1.49. The second kappa shape index (κ2) is 5.38. The van der Waals surface area contributed by atoms with Gasteiger partial charge >= 0.3 is 0 Å². The van der Waals surface area contributed by atoms with Gasteiger partial charge in [-0.25, -0.2) is 9.97 Å². The van der Waals surface area contributed by atoms with Gasteiger partial charge in [-0.05, 0) is 19.3 Å². The average molecular weight is 309 g/mol. The van der Waals surface area contributed by atoms with Gasteiger partial charge in [0.1, 0.15) is 16.8 Å². The highest BCUT2D eigenvalue weighted by molar-refractivity contribution is 6.29. The molecule has 21 heavy (non-hydrogen) atoms. The van der Waals surface area contributed by atoms with Crippen LogP contribution in [0.5, 0.6) is 0 Å². The summed E-state index contributed by atoms with van der Waals surface area (Å²) < 4.78 is 5.19. The molecule has 2 bridgehead atoms. The van der Waals surface area contributed by atoms with Crippen LogP contribution >= 0.6 is 11.6 Å². The number of nitrogens with zero attached hydrogens (tertiary/aromatic N) is 4. The Morgan fingerprint density at radius 2 is 2.14 bits per heavy atom. The van der Waals surface area contributed by atoms with Gasteiger partial charge < -0.3 is 9.64 Å². The van der Waals surface area contributed by atoms with Crippen molar-refractivity contribution < 1.29 is 4.74 Å². The number of hydrogen-bond donors (Lipinski definition) is 0. The van der Waals surface area contributed by atoms with E-state index in [1.165, 1.54) is 19.3 Å². The van der Waals surface area contributed by atoms with E-state index in [-0.39, 0.29) is 0 Å². The number of ether oxygens (including phenoxy) is 1. The lowest BCUT2D eigenvalue weighted by Crippen LogP contribution is -2.47. The molecule has 3 fully saturated rings. The monoisotopic (exact) mass is 308 g/mol. The number of fused-ring (bicyclic) bond motifs is 2. The Hall–Kier alpha value is -0.910. The van der Waals surface area contributed by atoms with Crippen LogP contribution in [0, 0.1) is 0 Å². The van der Waals surface area contributed by atoms with Crippen molar-refractivity contribution in [1.29, 1.82) is 0 Å². The predicted molar refractivity (Wildman–Crippen MR) is 82.0 cm³/mol. The molecular weight excluding hydrogens is 288 g/mol. The minimum absolute atomic E-state index is 0.542. The summed E-state index contributed by atoms with van der Waals surface area (Å²) in [4.78, 5) is 14.1. The highest BCUT2D eigenvalue weighted by Crippen LogP contribution is 2.40. The first kappa shape index (κ1) is 13.7. The number of methoxy groups -OCH3 is 1. The van der Waals surface area contributed by atoms with Gasteiger partial charge in [0, 0.05) is 50.8 Å². The zero-order chi connectivity index (χ0) is 14.4. The van der Waals surface area contributed by atoms with E-state index in [0.717, 1.165) is 37.9 Å². The van der Waals surface area contributed by atoms with Gasteiger partial charge in [-0.2, -0.15) is 0 Å². The molecule has 2 saturated heterocycles. The molecule has 0 N–H and O–H groups in total. The summed E-state index contributed by atoms with van der Waals surface area (Å²) in [5.74, 6) is 2.51. The van der Waals surface area contributed by atoms with E-state index in [0.29, 0.717) is 23.2 Å². The third-order valence-electron chi connectivity index (χ3n) is 4.87. The van der Waals surface area contributed by atoms with E-state index in [2.05, 4.69) is 14.8 Å². The minimum atomic E-state index is 0.542. The minimum Gasteiger partial charge on any atom is -0.383 e. The summed E-state index contributed by atoms with van der Waals surface area (Å²) >= 11 is 6.19. The molecule has 0 radical (unpaired) electrons. The number of likely N-dealkylation sites (tertiary alicyclic amines) is 1. The summed E-state index contributed by atoms with van der Waals surface area (Å²) in [6.07, 6.45) is 3.64. The second-order valence-corrected chi connectivity index (χ2v) is 6.75. The molecule has 2 unspecified atom stereocenters. The number of halogens is 1. The van der Waals surface area contributed by atoms with Gasteiger partial charge in [0.05, 0.1) is 6.61 Å². The van der Waals surface area contributed by atoms with Crippen LogP contribution in [0.3, 0.4) is 0 Å². The van der Waals surface area contributed by atoms with Crippen molar-refractivity contribution in [2.45, 2.75) is 37.3 Å². The van der Waals surface area contributed by atoms with Gasteiger partial charge in [0.25, 0.3) is 0 Å². The zero-order valence-electron chi connectivity index (χ0n) is 12.3. The summed E-state index contributed by atoms with van der Waals surface area (Å²) in [5.41, 5.74) is 0. The average Bonchev–Trinajstić information content (AvgIpc) is 3.15. The van der Waals surface area contributed by atoms with Crippen LogP contribution in [0.2, 0.25) is 5.15 Å². The van der Waals surface area contributed by atoms with Crippen molar-refractivity contribution >= 4 is 17.4 Å². The van der Waals surface area contributed by atoms with Crippen LogP contribution < -0.4 is 4.90 Å². The Bertz CT molecular complexity index is 536. The van der Waals surface area contributed by atoms with E-state index in [1.54, 1.807) is 7.11 Å². The molecule has 6 heteroatoms. The van der Waals surface area contributed by atoms with E-state index < -0.39 is 0 Å². The highest BCUT2D eigenvalue weighted by atomic mass is 35.5. The summed E-state index contributed by atoms with van der Waals surface area (Å²) in [7, 11) is 1.77. The van der Waals surface area contributed by atoms with Crippen LogP contribution in [-0.4, -0.2) is 60.3 Å². The molecule has 2 aliphatic heterocycles. The zero-order valence-corrected chi connectivity index (χ0v) is 13.1. The number of hydrogen-bond acceptors (Lipinski definition) is 5. The number of rotatable bonds is 5. The van der Waals surface area contributed by atoms with Crippen molar-refractivity contribution in [2.75, 3.05) is 38.3 Å². The van der Waals surface area contributed by atoms with E-state index >= 15 is 0 Å². The SMILES string of the molecule is COCCN1CC2CC1CN2c1cc(Cl)nc(C2CC2)n1. The maximum atomic E-state index is 6.19. The van der Waals surface area contributed by atoms with Crippen LogP contribution in [0.1, 0.15) is 31.0 Å². The topological polar surface area (TPSA) is 41.5 Å². The smallest absolute Gasteiger partial charge is 0.135 e. The summed E-state index contributed by atoms with van der Waals surface area (Å²) in [6, 6.07) is 3.11. The maximum absolute atomic E-state index is 6.19. The molecule has 1 aromatic heterocycles. The van der Waals surface area contributed by atoms with Gasteiger partial charge in [0.15, 0.2) is 0 Å². The molecule has 0 spiro atoms. The van der Waals surface area contributed by atoms with Crippen LogP contribution in [0.4, 0.5) is 5.82 Å². The largest absolute Gasteiger partial charge is 0.383 e. The standard InChI is InChI=1S/C15H21ClN4O/c1-21-5-4-19-8-12-6-11(19)9-20(12)14-7-13(16)17-15(18-14)10-2-3-10/h7,10-12H,2-6,8-9H2,1H3. The molecule has 1 saturated carbocycles.